The molecule has 0 spiro atoms. The Hall–Kier alpha value is -1.63. The van der Waals surface area contributed by atoms with Crippen molar-refractivity contribution in [3.63, 3.8) is 0 Å². The summed E-state index contributed by atoms with van der Waals surface area (Å²) >= 11 is 0. The van der Waals surface area contributed by atoms with Gasteiger partial charge in [0.15, 0.2) is 0 Å². The number of carbonyl (C=O) groups excluding carboxylic acids is 1. The number of hydrogen-bond acceptors (Lipinski definition) is 1. The van der Waals surface area contributed by atoms with Gasteiger partial charge < -0.3 is 4.79 Å². The lowest BCUT2D eigenvalue weighted by Gasteiger charge is -1.92. The number of benzene rings is 2. The molecule has 0 unspecified atom stereocenters. The zero-order chi connectivity index (χ0) is 11.1. The van der Waals surface area contributed by atoms with Crippen molar-refractivity contribution in [1.82, 2.24) is 0 Å². The van der Waals surface area contributed by atoms with Gasteiger partial charge in [-0.15, -0.1) is 0 Å². The first kappa shape index (κ1) is 11.4. The van der Waals surface area contributed by atoms with E-state index in [4.69, 9.17) is 0 Å². The van der Waals surface area contributed by atoms with Crippen molar-refractivity contribution in [2.75, 3.05) is 0 Å². The number of aldehydes is 1. The van der Waals surface area contributed by atoms with Gasteiger partial charge in [0.2, 0.25) is 0 Å². The van der Waals surface area contributed by atoms with Gasteiger partial charge in [0, 0.05) is 5.92 Å². The highest BCUT2D eigenvalue weighted by atomic mass is 16.1. The van der Waals surface area contributed by atoms with Gasteiger partial charge in [0.25, 0.3) is 0 Å². The van der Waals surface area contributed by atoms with Gasteiger partial charge in [0.1, 0.15) is 6.29 Å². The van der Waals surface area contributed by atoms with E-state index in [1.54, 1.807) is 0 Å². The average Bonchev–Trinajstić information content (AvgIpc) is 2.30. The van der Waals surface area contributed by atoms with Gasteiger partial charge >= 0.3 is 0 Å². The van der Waals surface area contributed by atoms with E-state index < -0.39 is 0 Å². The van der Waals surface area contributed by atoms with Crippen LogP contribution in [0, 0.1) is 5.92 Å². The lowest BCUT2D eigenvalue weighted by Crippen LogP contribution is -1.82. The molecule has 2 aromatic carbocycles. The molecule has 1 nitrogen and oxygen atoms in total. The lowest BCUT2D eigenvalue weighted by molar-refractivity contribution is -0.110. The number of carbonyl (C=O) groups is 1. The molecule has 0 radical (unpaired) electrons. The zero-order valence-electron chi connectivity index (χ0n) is 9.18. The first-order valence-electron chi connectivity index (χ1n) is 5.13. The minimum absolute atomic E-state index is 0.204. The van der Waals surface area contributed by atoms with E-state index in [2.05, 4.69) is 48.5 Å². The number of fused-ring (bicyclic) bond motifs is 1. The third kappa shape index (κ3) is 3.94. The van der Waals surface area contributed by atoms with Gasteiger partial charge in [-0.3, -0.25) is 0 Å². The van der Waals surface area contributed by atoms with Crippen molar-refractivity contribution in [1.29, 1.82) is 0 Å². The predicted molar refractivity (Wildman–Crippen MR) is 64.9 cm³/mol. The molecule has 0 aliphatic heterocycles. The van der Waals surface area contributed by atoms with Crippen LogP contribution in [0.1, 0.15) is 13.8 Å². The van der Waals surface area contributed by atoms with Gasteiger partial charge in [-0.2, -0.15) is 0 Å². The van der Waals surface area contributed by atoms with E-state index in [0.717, 1.165) is 6.29 Å². The van der Waals surface area contributed by atoms with Crippen molar-refractivity contribution in [3.05, 3.63) is 48.5 Å². The molecule has 0 aliphatic carbocycles. The van der Waals surface area contributed by atoms with Gasteiger partial charge in [-0.25, -0.2) is 0 Å². The largest absolute Gasteiger partial charge is 0.303 e. The molecule has 0 N–H and O–H groups in total. The lowest BCUT2D eigenvalue weighted by atomic mass is 10.1. The van der Waals surface area contributed by atoms with Crippen LogP contribution < -0.4 is 0 Å². The van der Waals surface area contributed by atoms with Crippen LogP contribution in [-0.2, 0) is 4.79 Å². The molecule has 0 fully saturated rings. The SMILES string of the molecule is CC(C)C=O.c1ccc2ccccc2c1. The quantitative estimate of drug-likeness (QED) is 0.642. The van der Waals surface area contributed by atoms with E-state index in [1.807, 2.05) is 13.8 Å². The topological polar surface area (TPSA) is 17.1 Å². The van der Waals surface area contributed by atoms with Crippen molar-refractivity contribution in [2.45, 2.75) is 13.8 Å². The normalized spacial score (nSPS) is 9.53. The fourth-order valence-corrected chi connectivity index (χ4v) is 1.13. The molecule has 0 heterocycles. The van der Waals surface area contributed by atoms with E-state index in [0.29, 0.717) is 0 Å². The van der Waals surface area contributed by atoms with Gasteiger partial charge in [-0.05, 0) is 10.8 Å². The summed E-state index contributed by atoms with van der Waals surface area (Å²) in [6.45, 7) is 3.71. The van der Waals surface area contributed by atoms with Gasteiger partial charge in [0.05, 0.1) is 0 Å². The summed E-state index contributed by atoms with van der Waals surface area (Å²) < 4.78 is 0. The second-order valence-electron chi connectivity index (χ2n) is 3.73. The smallest absolute Gasteiger partial charge is 0.122 e. The summed E-state index contributed by atoms with van der Waals surface area (Å²) in [6.07, 6.45) is 0.917. The molecule has 0 atom stereocenters. The first-order valence-corrected chi connectivity index (χ1v) is 5.13. The third-order valence-corrected chi connectivity index (χ3v) is 1.93. The first-order chi connectivity index (χ1) is 7.24. The van der Waals surface area contributed by atoms with Gasteiger partial charge in [-0.1, -0.05) is 62.4 Å². The molecular formula is C14H16O. The highest BCUT2D eigenvalue weighted by Gasteiger charge is 1.85. The van der Waals surface area contributed by atoms with E-state index in [1.165, 1.54) is 10.8 Å². The Balaban J connectivity index is 0.000000195. The average molecular weight is 200 g/mol. The van der Waals surface area contributed by atoms with Crippen LogP contribution in [0.5, 0.6) is 0 Å². The molecule has 0 bridgehead atoms. The molecule has 0 saturated heterocycles. The summed E-state index contributed by atoms with van der Waals surface area (Å²) in [6, 6.07) is 16.7. The minimum atomic E-state index is 0.204. The van der Waals surface area contributed by atoms with Crippen LogP contribution in [-0.4, -0.2) is 6.29 Å². The Kier molecular flexibility index (Phi) is 4.55. The Morgan fingerprint density at radius 3 is 1.33 bits per heavy atom. The van der Waals surface area contributed by atoms with Crippen LogP contribution in [0.2, 0.25) is 0 Å². The highest BCUT2D eigenvalue weighted by molar-refractivity contribution is 5.81. The Labute approximate surface area is 90.7 Å². The predicted octanol–water partition coefficient (Wildman–Crippen LogP) is 3.68. The Morgan fingerprint density at radius 1 is 0.867 bits per heavy atom. The fourth-order valence-electron chi connectivity index (χ4n) is 1.13. The van der Waals surface area contributed by atoms with Crippen molar-refractivity contribution < 1.29 is 4.79 Å². The second kappa shape index (κ2) is 5.97. The maximum atomic E-state index is 9.50. The summed E-state index contributed by atoms with van der Waals surface area (Å²) in [4.78, 5) is 9.50. The van der Waals surface area contributed by atoms with Crippen molar-refractivity contribution >= 4 is 17.1 Å². The molecule has 2 aromatic rings. The van der Waals surface area contributed by atoms with E-state index >= 15 is 0 Å². The molecule has 0 aromatic heterocycles. The maximum absolute atomic E-state index is 9.50. The second-order valence-corrected chi connectivity index (χ2v) is 3.73. The molecule has 15 heavy (non-hydrogen) atoms. The van der Waals surface area contributed by atoms with E-state index in [-0.39, 0.29) is 5.92 Å². The van der Waals surface area contributed by atoms with E-state index in [9.17, 15) is 4.79 Å². The number of rotatable bonds is 1. The van der Waals surface area contributed by atoms with Crippen LogP contribution in [0.15, 0.2) is 48.5 Å². The Bertz CT molecular complexity index is 353. The number of hydrogen-bond donors (Lipinski definition) is 0. The Morgan fingerprint density at radius 2 is 1.13 bits per heavy atom. The van der Waals surface area contributed by atoms with Crippen molar-refractivity contribution in [3.8, 4) is 0 Å². The molecule has 2 rings (SSSR count). The van der Waals surface area contributed by atoms with Crippen LogP contribution in [0.25, 0.3) is 10.8 Å². The molecule has 0 aliphatic rings. The molecular weight excluding hydrogens is 184 g/mol. The molecule has 0 amide bonds. The highest BCUT2D eigenvalue weighted by Crippen LogP contribution is 2.11. The summed E-state index contributed by atoms with van der Waals surface area (Å²) in [5.74, 6) is 0.204. The fraction of sp³-hybridized carbons (Fsp3) is 0.214. The molecule has 78 valence electrons. The summed E-state index contributed by atoms with van der Waals surface area (Å²) in [5, 5.41) is 2.62. The minimum Gasteiger partial charge on any atom is -0.303 e. The van der Waals surface area contributed by atoms with Crippen LogP contribution in [0.3, 0.4) is 0 Å². The molecule has 1 heteroatoms. The molecule has 0 saturated carbocycles. The monoisotopic (exact) mass is 200 g/mol. The summed E-state index contributed by atoms with van der Waals surface area (Å²) in [5.41, 5.74) is 0. The third-order valence-electron chi connectivity index (χ3n) is 1.93. The zero-order valence-corrected chi connectivity index (χ0v) is 9.18. The van der Waals surface area contributed by atoms with Crippen LogP contribution in [0.4, 0.5) is 0 Å². The standard InChI is InChI=1S/C10H8.C4H8O/c1-2-6-10-8-4-3-7-9(10)5-1;1-4(2)3-5/h1-8H;3-4H,1-2H3. The summed E-state index contributed by atoms with van der Waals surface area (Å²) in [7, 11) is 0. The van der Waals surface area contributed by atoms with Crippen molar-refractivity contribution in [2.24, 2.45) is 5.92 Å². The maximum Gasteiger partial charge on any atom is 0.122 e. The van der Waals surface area contributed by atoms with Crippen LogP contribution >= 0.6 is 0 Å².